The van der Waals surface area contributed by atoms with E-state index in [0.717, 1.165) is 27.7 Å². The van der Waals surface area contributed by atoms with Gasteiger partial charge >= 0.3 is 11.9 Å². The number of amides is 4. The second kappa shape index (κ2) is 37.7. The van der Waals surface area contributed by atoms with Crippen LogP contribution in [0.25, 0.3) is 21.5 Å². The summed E-state index contributed by atoms with van der Waals surface area (Å²) in [5, 5.41) is 2.47. The van der Waals surface area contributed by atoms with Crippen LogP contribution in [0.3, 0.4) is 0 Å². The molecule has 2 saturated heterocycles. The van der Waals surface area contributed by atoms with E-state index in [9.17, 15) is 63.2 Å². The standard InChI is InChI=1S/2C45H61F2N3O11S/c2*1-9-59-37-24-48-39(32-15-14-30(58-8)19-34(32)37)60-31-20-35-36(51)23-45(41(54)49-62(55,56)43(5)16-17-43)22-29(45)13-11-10-12-27(2)18-28(26-57-7)33(40(53)50(35)25-31)21-38(52)61-42(3,4)44(6,46)47/h2*11,13-15,19,24,27-29,31,33,35H,9-10,12,16-18,20-23,25-26H2,1-8H3,(H,49,54)/b2*13-11-/t27-,28+,29-,31-,33+,35+,45-;27-,28-,29+,31+,33-,35-,45+/m10/s1. The third-order valence-electron chi connectivity index (χ3n) is 26.8. The molecule has 34 heteroatoms. The fourth-order valence-corrected chi connectivity index (χ4v) is 20.1. The Balaban J connectivity index is 0.000000241. The Morgan fingerprint density at radius 1 is 0.540 bits per heavy atom. The molecule has 12 rings (SSSR count). The molecule has 6 fully saturated rings. The number of hydrogen-bond donors (Lipinski definition) is 2. The molecule has 14 atom stereocenters. The van der Waals surface area contributed by atoms with Gasteiger partial charge in [0.25, 0.3) is 11.8 Å². The molecule has 0 unspecified atom stereocenters. The minimum Gasteiger partial charge on any atom is -0.497 e. The number of halogens is 4. The minimum atomic E-state index is -4.03. The van der Waals surface area contributed by atoms with Crippen LogP contribution in [0, 0.1) is 58.2 Å². The topological polar surface area (TPSA) is 353 Å². The molecule has 0 bridgehead atoms. The summed E-state index contributed by atoms with van der Waals surface area (Å²) in [5.74, 6) is -14.3. The van der Waals surface area contributed by atoms with Crippen LogP contribution in [0.2, 0.25) is 0 Å². The molecule has 0 radical (unpaired) electrons. The quantitative estimate of drug-likeness (QED) is 0.0303. The smallest absolute Gasteiger partial charge is 0.307 e. The van der Waals surface area contributed by atoms with Gasteiger partial charge in [0.2, 0.25) is 55.4 Å². The van der Waals surface area contributed by atoms with Gasteiger partial charge in [-0.3, -0.25) is 47.8 Å². The number of sulfonamides is 2. The van der Waals surface area contributed by atoms with Gasteiger partial charge in [0.05, 0.1) is 110 Å². The first kappa shape index (κ1) is 95.9. The number of nitrogens with one attached hydrogen (secondary N) is 2. The molecule has 4 amide bonds. The van der Waals surface area contributed by atoms with Crippen LogP contribution in [-0.4, -0.2) is 209 Å². The van der Waals surface area contributed by atoms with E-state index in [4.69, 9.17) is 47.4 Å². The van der Waals surface area contributed by atoms with E-state index in [1.165, 1.54) is 36.4 Å². The average Bonchev–Trinajstić information content (AvgIpc) is 1.57. The van der Waals surface area contributed by atoms with Crippen molar-refractivity contribution in [2.45, 2.75) is 255 Å². The average molecular weight is 1780 g/mol. The highest BCUT2D eigenvalue weighted by molar-refractivity contribution is 7.92. The third-order valence-corrected chi connectivity index (χ3v) is 31.1. The van der Waals surface area contributed by atoms with Crippen LogP contribution in [0.15, 0.2) is 73.1 Å². The van der Waals surface area contributed by atoms with Gasteiger partial charge in [0.1, 0.15) is 35.2 Å². The number of benzene rings is 2. The van der Waals surface area contributed by atoms with Gasteiger partial charge in [-0.15, -0.1) is 0 Å². The number of esters is 2. The number of nitrogens with zero attached hydrogens (tertiary/aromatic N) is 4. The Hall–Kier alpha value is -8.76. The number of rotatable bonds is 28. The highest BCUT2D eigenvalue weighted by Crippen LogP contribution is 2.60. The van der Waals surface area contributed by atoms with Crippen molar-refractivity contribution in [3.63, 3.8) is 0 Å². The summed E-state index contributed by atoms with van der Waals surface area (Å²) in [6.45, 7) is 17.1. The molecule has 6 heterocycles. The van der Waals surface area contributed by atoms with Crippen LogP contribution >= 0.6 is 0 Å². The fraction of sp³-hybridized carbons (Fsp3) is 0.667. The first-order chi connectivity index (χ1) is 58.2. The number of pyridine rings is 2. The van der Waals surface area contributed by atoms with Gasteiger partial charge in [-0.1, -0.05) is 38.2 Å². The Bertz CT molecular complexity index is 4650. The predicted molar refractivity (Wildman–Crippen MR) is 451 cm³/mol. The van der Waals surface area contributed by atoms with Crippen molar-refractivity contribution in [3.05, 3.63) is 73.1 Å². The summed E-state index contributed by atoms with van der Waals surface area (Å²) in [6, 6.07) is 8.23. The van der Waals surface area contributed by atoms with Gasteiger partial charge in [0, 0.05) is 88.5 Å². The van der Waals surface area contributed by atoms with Gasteiger partial charge in [-0.2, -0.15) is 0 Å². The van der Waals surface area contributed by atoms with E-state index in [-0.39, 0.29) is 88.4 Å². The van der Waals surface area contributed by atoms with E-state index in [1.807, 2.05) is 52.0 Å². The zero-order valence-electron chi connectivity index (χ0n) is 73.9. The lowest BCUT2D eigenvalue weighted by atomic mass is 9.81. The summed E-state index contributed by atoms with van der Waals surface area (Å²) in [6.07, 6.45) is 12.6. The Kier molecular flexibility index (Phi) is 29.1. The molecule has 8 aliphatic rings. The molecule has 4 aromatic rings. The van der Waals surface area contributed by atoms with Crippen molar-refractivity contribution in [1.29, 1.82) is 0 Å². The molecule has 2 aromatic carbocycles. The fourth-order valence-electron chi connectivity index (χ4n) is 17.4. The molecule has 2 aromatic heterocycles. The molecule has 124 heavy (non-hydrogen) atoms. The van der Waals surface area contributed by atoms with Gasteiger partial charge < -0.3 is 57.2 Å². The number of carbonyl (C=O) groups is 8. The number of alkyl halides is 4. The van der Waals surface area contributed by atoms with E-state index in [2.05, 4.69) is 19.4 Å². The monoisotopic (exact) mass is 1780 g/mol. The number of ether oxygens (including phenoxy) is 10. The van der Waals surface area contributed by atoms with E-state index in [1.54, 1.807) is 64.5 Å². The second-order valence-corrected chi connectivity index (χ2v) is 41.4. The molecule has 0 spiro atoms. The molecule has 4 aliphatic heterocycles. The van der Waals surface area contributed by atoms with Crippen LogP contribution < -0.4 is 37.9 Å². The van der Waals surface area contributed by atoms with Crippen LogP contribution in [0.1, 0.15) is 199 Å². The normalized spacial score (nSPS) is 28.5. The number of carbonyl (C=O) groups excluding carboxylic acids is 8. The third kappa shape index (κ3) is 21.2. The van der Waals surface area contributed by atoms with Gasteiger partial charge in [0.15, 0.2) is 22.8 Å². The molecule has 684 valence electrons. The van der Waals surface area contributed by atoms with E-state index in [0.29, 0.717) is 136 Å². The molecular formula is C90H122F4N6O22S2. The maximum absolute atomic E-state index is 15.2. The molecule has 4 aliphatic carbocycles. The summed E-state index contributed by atoms with van der Waals surface area (Å²) in [4.78, 5) is 127. The lowest BCUT2D eigenvalue weighted by Gasteiger charge is -2.35. The summed E-state index contributed by atoms with van der Waals surface area (Å²) < 4.78 is 172. The summed E-state index contributed by atoms with van der Waals surface area (Å²) >= 11 is 0. The van der Waals surface area contributed by atoms with Crippen LogP contribution in [0.5, 0.6) is 34.8 Å². The number of allylic oxidation sites excluding steroid dienone is 4. The van der Waals surface area contributed by atoms with E-state index < -0.39 is 183 Å². The van der Waals surface area contributed by atoms with Crippen molar-refractivity contribution in [1.82, 2.24) is 29.2 Å². The van der Waals surface area contributed by atoms with Gasteiger partial charge in [-0.25, -0.2) is 44.4 Å². The van der Waals surface area contributed by atoms with Crippen LogP contribution in [-0.2, 0) is 77.4 Å². The van der Waals surface area contributed by atoms with Crippen molar-refractivity contribution in [2.24, 2.45) is 58.2 Å². The SMILES string of the molecule is CCOc1cnc(O[C@@H]2C[C@H]3C(=O)C[C@]4(C(=O)NS(=O)(=O)C5(C)CC5)C[C@H]4/C=C\CC[C@@H](C)C[C@@H](COC)[C@H](CC(=O)OC(C)(C)C(C)(F)F)C(=O)N3C2)c2ccc(OC)cc12.CCOc1cnc(O[C@@H]2C[C@H]3C(=O)C[C@]4(C(=O)NS(=O)(=O)C5(C)CC5)C[C@H]4/C=C\CC[C@H](C)C[C@@H](COC)[C@H](CC(=O)OC(C)(C)C(C)(F)F)C(=O)N3C2)c2ccc(OC)cc12. The van der Waals surface area contributed by atoms with Crippen molar-refractivity contribution in [2.75, 3.05) is 68.0 Å². The molecular weight excluding hydrogens is 1660 g/mol. The number of hydrogen-bond acceptors (Lipinski definition) is 24. The van der Waals surface area contributed by atoms with E-state index >= 15 is 9.59 Å². The van der Waals surface area contributed by atoms with Crippen molar-refractivity contribution >= 4 is 88.7 Å². The summed E-state index contributed by atoms with van der Waals surface area (Å²) in [7, 11) is -2.05. The summed E-state index contributed by atoms with van der Waals surface area (Å²) in [5.41, 5.74) is -7.13. The minimum absolute atomic E-state index is 0.00548. The first-order valence-corrected chi connectivity index (χ1v) is 46.0. The highest BCUT2D eigenvalue weighted by Gasteiger charge is 2.65. The predicted octanol–water partition coefficient (Wildman–Crippen LogP) is 13.2. The number of aromatic nitrogens is 2. The van der Waals surface area contributed by atoms with Crippen LogP contribution in [0.4, 0.5) is 17.6 Å². The molecule has 2 N–H and O–H groups in total. The Morgan fingerprint density at radius 3 is 1.23 bits per heavy atom. The lowest BCUT2D eigenvalue weighted by molar-refractivity contribution is -0.197. The number of fused-ring (bicyclic) bond motifs is 6. The zero-order chi connectivity index (χ0) is 90.8. The largest absolute Gasteiger partial charge is 0.497 e. The van der Waals surface area contributed by atoms with Crippen molar-refractivity contribution in [3.8, 4) is 34.8 Å². The maximum atomic E-state index is 15.2. The molecule has 28 nitrogen and oxygen atoms in total. The van der Waals surface area contributed by atoms with Crippen molar-refractivity contribution < 1.29 is 120 Å². The number of Topliss-reactive ketones (excluding diaryl/α,β-unsaturated/α-hetero) is 2. The zero-order valence-corrected chi connectivity index (χ0v) is 75.6. The Morgan fingerprint density at radius 2 is 0.903 bits per heavy atom. The number of methoxy groups -OCH3 is 4. The Labute approximate surface area is 723 Å². The van der Waals surface area contributed by atoms with Gasteiger partial charge in [-0.05, 0) is 204 Å². The maximum Gasteiger partial charge on any atom is 0.307 e. The first-order valence-electron chi connectivity index (χ1n) is 43.0. The molecule has 4 saturated carbocycles. The lowest BCUT2D eigenvalue weighted by Crippen LogP contribution is -2.49. The second-order valence-electron chi connectivity index (χ2n) is 37.0. The highest BCUT2D eigenvalue weighted by atomic mass is 32.2. The number of ketones is 2.